The number of carbonyl (C=O) groups excluding carboxylic acids is 5. The number of hydrogen-bond donors (Lipinski definition) is 6. The van der Waals surface area contributed by atoms with Crippen LogP contribution in [0.25, 0.3) is 16.5 Å². The summed E-state index contributed by atoms with van der Waals surface area (Å²) in [5.74, 6) is -10.8. The number of phenolic OH excluding ortho intramolecular Hbond substituents is 1. The van der Waals surface area contributed by atoms with Crippen LogP contribution in [0.1, 0.15) is 37.3 Å². The standard InChI is InChI=1S/C36H38N4O9/c1-5-21(41)49-34-22-15(2)17-13-14-20(39-36(48)38-19-12-8-10-16-9-6-7-11-18(16)19)29(42)23(17)30(43)25(22)31(44)26-24(34)28(40(3)4)33(46)27(32(26)45)35(37)47/h6-15,22,24,26-28,33-34,42-43,46H,5H2,1-4H3,(H2,37,47)(H2,38,39,48)/t15-,22?,24?,26?,27?,28-,33?,34-/m0/s1. The zero-order valence-corrected chi connectivity index (χ0v) is 27.3. The highest BCUT2D eigenvalue weighted by Crippen LogP contribution is 2.56. The van der Waals surface area contributed by atoms with Crippen LogP contribution in [0.3, 0.4) is 0 Å². The van der Waals surface area contributed by atoms with E-state index < -0.39 is 88.8 Å². The zero-order chi connectivity index (χ0) is 35.5. The molecule has 3 aromatic rings. The van der Waals surface area contributed by atoms with Crippen molar-refractivity contribution in [3.63, 3.8) is 0 Å². The van der Waals surface area contributed by atoms with Crippen molar-refractivity contribution < 1.29 is 44.0 Å². The van der Waals surface area contributed by atoms with Crippen molar-refractivity contribution in [3.8, 4) is 5.75 Å². The molecule has 3 aliphatic rings. The lowest BCUT2D eigenvalue weighted by Gasteiger charge is -2.54. The Morgan fingerprint density at radius 3 is 2.31 bits per heavy atom. The van der Waals surface area contributed by atoms with E-state index in [0.29, 0.717) is 11.3 Å². The summed E-state index contributed by atoms with van der Waals surface area (Å²) >= 11 is 0. The van der Waals surface area contributed by atoms with Gasteiger partial charge in [0.25, 0.3) is 0 Å². The molecular formula is C36H38N4O9. The van der Waals surface area contributed by atoms with Gasteiger partial charge in [0.15, 0.2) is 11.6 Å². The number of aliphatic hydroxyl groups excluding tert-OH is 2. The molecule has 0 aromatic heterocycles. The van der Waals surface area contributed by atoms with E-state index in [2.05, 4.69) is 10.6 Å². The van der Waals surface area contributed by atoms with E-state index >= 15 is 0 Å². The van der Waals surface area contributed by atoms with Gasteiger partial charge in [0.2, 0.25) is 5.91 Å². The number of carbonyl (C=O) groups is 5. The number of urea groups is 1. The number of ether oxygens (including phenoxy) is 1. The molecule has 13 heteroatoms. The van der Waals surface area contributed by atoms with Gasteiger partial charge >= 0.3 is 12.0 Å². The molecule has 2 saturated carbocycles. The summed E-state index contributed by atoms with van der Waals surface area (Å²) in [5, 5.41) is 41.6. The molecule has 0 spiro atoms. The number of nitrogens with zero attached hydrogens (tertiary/aromatic N) is 1. The summed E-state index contributed by atoms with van der Waals surface area (Å²) in [4.78, 5) is 68.2. The maximum absolute atomic E-state index is 14.4. The van der Waals surface area contributed by atoms with Crippen LogP contribution in [-0.2, 0) is 23.9 Å². The van der Waals surface area contributed by atoms with E-state index in [0.717, 1.165) is 10.8 Å². The van der Waals surface area contributed by atoms with E-state index in [1.165, 1.54) is 6.07 Å². The first-order chi connectivity index (χ1) is 23.3. The number of benzene rings is 3. The topological polar surface area (TPSA) is 209 Å². The molecule has 3 aliphatic carbocycles. The number of esters is 1. The molecule has 3 aromatic carbocycles. The van der Waals surface area contributed by atoms with Crippen LogP contribution in [0.2, 0.25) is 0 Å². The van der Waals surface area contributed by atoms with Crippen LogP contribution < -0.4 is 16.4 Å². The van der Waals surface area contributed by atoms with Crippen molar-refractivity contribution in [1.82, 2.24) is 4.90 Å². The number of aromatic hydroxyl groups is 1. The number of primary amides is 1. The average Bonchev–Trinajstić information content (AvgIpc) is 3.05. The Hall–Kier alpha value is -5.27. The largest absolute Gasteiger partial charge is 0.507 e. The van der Waals surface area contributed by atoms with Gasteiger partial charge in [-0.05, 0) is 43.1 Å². The lowest BCUT2D eigenvalue weighted by atomic mass is 9.54. The van der Waals surface area contributed by atoms with Gasteiger partial charge in [-0.15, -0.1) is 0 Å². The first-order valence-corrected chi connectivity index (χ1v) is 16.0. The van der Waals surface area contributed by atoms with Gasteiger partial charge in [-0.2, -0.15) is 0 Å². The fraction of sp³-hybridized carbons (Fsp3) is 0.361. The number of phenols is 1. The molecule has 0 saturated heterocycles. The molecule has 13 nitrogen and oxygen atoms in total. The van der Waals surface area contributed by atoms with Crippen LogP contribution in [0.5, 0.6) is 5.75 Å². The third-order valence-corrected chi connectivity index (χ3v) is 10.2. The summed E-state index contributed by atoms with van der Waals surface area (Å²) in [7, 11) is 3.21. The number of anilines is 2. The first kappa shape index (κ1) is 33.6. The summed E-state index contributed by atoms with van der Waals surface area (Å²) in [6, 6.07) is 14.2. The lowest BCUT2D eigenvalue weighted by molar-refractivity contribution is -0.179. The minimum absolute atomic E-state index is 0.0335. The van der Waals surface area contributed by atoms with Crippen molar-refractivity contribution in [3.05, 3.63) is 71.3 Å². The van der Waals surface area contributed by atoms with Gasteiger partial charge in [0.1, 0.15) is 23.5 Å². The van der Waals surface area contributed by atoms with Crippen LogP contribution in [0.15, 0.2) is 60.2 Å². The fourth-order valence-electron chi connectivity index (χ4n) is 8.03. The molecule has 0 bridgehead atoms. The lowest BCUT2D eigenvalue weighted by Crippen LogP contribution is -2.68. The Bertz CT molecular complexity index is 1930. The molecule has 256 valence electrons. The first-order valence-electron chi connectivity index (χ1n) is 16.0. The van der Waals surface area contributed by atoms with Crippen LogP contribution in [0, 0.1) is 23.7 Å². The normalized spacial score (nSPS) is 27.6. The number of amides is 3. The van der Waals surface area contributed by atoms with Crippen molar-refractivity contribution in [2.24, 2.45) is 29.4 Å². The number of likely N-dealkylation sites (N-methyl/N-ethyl adjacent to an activating group) is 1. The number of rotatable bonds is 6. The second-order valence-electron chi connectivity index (χ2n) is 13.1. The van der Waals surface area contributed by atoms with Crippen molar-refractivity contribution >= 4 is 57.4 Å². The molecule has 8 atom stereocenters. The van der Waals surface area contributed by atoms with Gasteiger partial charge in [0.05, 0.1) is 29.0 Å². The molecule has 7 N–H and O–H groups in total. The van der Waals surface area contributed by atoms with E-state index in [1.54, 1.807) is 51.0 Å². The second kappa shape index (κ2) is 12.6. The van der Waals surface area contributed by atoms with E-state index in [4.69, 9.17) is 10.5 Å². The highest BCUT2D eigenvalue weighted by atomic mass is 16.5. The molecule has 0 heterocycles. The number of nitrogens with one attached hydrogen (secondary N) is 2. The van der Waals surface area contributed by atoms with Crippen LogP contribution in [-0.4, -0.2) is 82.0 Å². The molecule has 5 unspecified atom stereocenters. The second-order valence-corrected chi connectivity index (χ2v) is 13.1. The number of hydrogen-bond acceptors (Lipinski definition) is 10. The van der Waals surface area contributed by atoms with Crippen LogP contribution >= 0.6 is 0 Å². The maximum Gasteiger partial charge on any atom is 0.323 e. The summed E-state index contributed by atoms with van der Waals surface area (Å²) in [5.41, 5.74) is 6.01. The summed E-state index contributed by atoms with van der Waals surface area (Å²) < 4.78 is 5.96. The molecule has 0 aliphatic heterocycles. The molecule has 2 fully saturated rings. The Morgan fingerprint density at radius 2 is 1.63 bits per heavy atom. The monoisotopic (exact) mass is 670 g/mol. The molecule has 6 rings (SSSR count). The van der Waals surface area contributed by atoms with E-state index in [1.807, 2.05) is 30.3 Å². The minimum Gasteiger partial charge on any atom is -0.507 e. The number of ketones is 2. The number of aliphatic hydroxyl groups is 2. The van der Waals surface area contributed by atoms with Gasteiger partial charge in [-0.25, -0.2) is 4.79 Å². The summed E-state index contributed by atoms with van der Waals surface area (Å²) in [6.45, 7) is 3.31. The van der Waals surface area contributed by atoms with Gasteiger partial charge in [-0.1, -0.05) is 56.3 Å². The van der Waals surface area contributed by atoms with Crippen molar-refractivity contribution in [2.45, 2.75) is 44.4 Å². The highest BCUT2D eigenvalue weighted by molar-refractivity contribution is 6.20. The molecule has 0 radical (unpaired) electrons. The minimum atomic E-state index is -1.72. The molecule has 3 amide bonds. The predicted molar refractivity (Wildman–Crippen MR) is 179 cm³/mol. The Labute approximate surface area is 281 Å². The van der Waals surface area contributed by atoms with Gasteiger partial charge < -0.3 is 41.3 Å². The van der Waals surface area contributed by atoms with Crippen molar-refractivity contribution in [1.29, 1.82) is 0 Å². The van der Waals surface area contributed by atoms with E-state index in [-0.39, 0.29) is 23.2 Å². The number of nitrogens with two attached hydrogens (primary N) is 1. The highest BCUT2D eigenvalue weighted by Gasteiger charge is 2.64. The zero-order valence-electron chi connectivity index (χ0n) is 27.3. The fourth-order valence-corrected chi connectivity index (χ4v) is 8.03. The Morgan fingerprint density at radius 1 is 0.959 bits per heavy atom. The van der Waals surface area contributed by atoms with Gasteiger partial charge in [-0.3, -0.25) is 19.2 Å². The molecule has 49 heavy (non-hydrogen) atoms. The predicted octanol–water partition coefficient (Wildman–Crippen LogP) is 3.30. The van der Waals surface area contributed by atoms with E-state index in [9.17, 15) is 39.3 Å². The van der Waals surface area contributed by atoms with Crippen LogP contribution in [0.4, 0.5) is 16.2 Å². The number of fused-ring (bicyclic) bond motifs is 4. The molecular weight excluding hydrogens is 632 g/mol. The number of Topliss-reactive ketones (excluding diaryl/α,β-unsaturated/α-hetero) is 2. The van der Waals surface area contributed by atoms with Gasteiger partial charge in [0, 0.05) is 35.3 Å². The Kier molecular flexibility index (Phi) is 8.67. The quantitative estimate of drug-likeness (QED) is 0.128. The Balaban J connectivity index is 1.43. The SMILES string of the molecule is CCC(=O)O[C@@H]1C2C(C(=O)C3=C(O)c4c(ccc(NC(=O)Nc5cccc6ccccc56)c4O)[C@H](C)C31)C(=O)C(C(N)=O)C(O)[C@H]2N(C)C. The average molecular weight is 671 g/mol. The third-order valence-electron chi connectivity index (χ3n) is 10.2. The maximum atomic E-state index is 14.4. The summed E-state index contributed by atoms with van der Waals surface area (Å²) in [6.07, 6.45) is -2.82. The third kappa shape index (κ3) is 5.39. The van der Waals surface area contributed by atoms with Crippen molar-refractivity contribution in [2.75, 3.05) is 24.7 Å². The smallest absolute Gasteiger partial charge is 0.323 e.